The maximum atomic E-state index is 13.2. The molecule has 0 bridgehead atoms. The average molecular weight is 573 g/mol. The number of anilines is 1. The summed E-state index contributed by atoms with van der Waals surface area (Å²) < 4.78 is 16.1. The number of hydrogen-bond acceptors (Lipinski definition) is 8. The van der Waals surface area contributed by atoms with Gasteiger partial charge in [0.1, 0.15) is 0 Å². The third kappa shape index (κ3) is 7.46. The zero-order chi connectivity index (χ0) is 29.3. The minimum atomic E-state index is -0.407. The molecule has 9 heteroatoms. The number of methoxy groups -OCH3 is 2. The van der Waals surface area contributed by atoms with E-state index in [1.54, 1.807) is 13.2 Å². The Morgan fingerprint density at radius 1 is 0.976 bits per heavy atom. The summed E-state index contributed by atoms with van der Waals surface area (Å²) >= 11 is 0. The van der Waals surface area contributed by atoms with Crippen LogP contribution in [-0.4, -0.2) is 86.8 Å². The summed E-state index contributed by atoms with van der Waals surface area (Å²) in [6, 6.07) is 13.7. The van der Waals surface area contributed by atoms with Gasteiger partial charge in [0.05, 0.1) is 38.6 Å². The van der Waals surface area contributed by atoms with E-state index in [0.29, 0.717) is 24.7 Å². The van der Waals surface area contributed by atoms with Gasteiger partial charge < -0.3 is 24.4 Å². The van der Waals surface area contributed by atoms with Gasteiger partial charge >= 0.3 is 5.97 Å². The van der Waals surface area contributed by atoms with Crippen LogP contribution in [0.15, 0.2) is 48.5 Å². The van der Waals surface area contributed by atoms with Crippen LogP contribution in [0.3, 0.4) is 0 Å². The van der Waals surface area contributed by atoms with Gasteiger partial charge in [-0.05, 0) is 67.5 Å². The van der Waals surface area contributed by atoms with E-state index < -0.39 is 5.97 Å². The van der Waals surface area contributed by atoms with Crippen molar-refractivity contribution >= 4 is 34.5 Å². The van der Waals surface area contributed by atoms with Crippen molar-refractivity contribution in [3.8, 4) is 11.5 Å². The van der Waals surface area contributed by atoms with Crippen molar-refractivity contribution in [2.45, 2.75) is 32.1 Å². The molecule has 0 spiro atoms. The number of aryl methyl sites for hydroxylation is 1. The Bertz CT molecular complexity index is 1430. The molecule has 2 aliphatic rings. The first-order chi connectivity index (χ1) is 20.5. The van der Waals surface area contributed by atoms with Crippen molar-refractivity contribution in [3.05, 3.63) is 65.4 Å². The lowest BCUT2D eigenvalue weighted by atomic mass is 9.92. The molecule has 1 saturated heterocycles. The molecule has 1 N–H and O–H groups in total. The van der Waals surface area contributed by atoms with Gasteiger partial charge in [0.15, 0.2) is 11.5 Å². The number of rotatable bonds is 11. The smallest absolute Gasteiger partial charge is 0.330 e. The van der Waals surface area contributed by atoms with Crippen molar-refractivity contribution in [1.82, 2.24) is 14.8 Å². The highest BCUT2D eigenvalue weighted by Crippen LogP contribution is 2.33. The van der Waals surface area contributed by atoms with Crippen LogP contribution in [0.1, 0.15) is 36.1 Å². The number of carbonyl (C=O) groups excluding carboxylic acids is 2. The molecule has 5 rings (SSSR count). The third-order valence-electron chi connectivity index (χ3n) is 7.94. The Kier molecular flexibility index (Phi) is 10.0. The van der Waals surface area contributed by atoms with Crippen molar-refractivity contribution in [2.75, 3.05) is 65.4 Å². The Labute approximate surface area is 247 Å². The number of benzene rings is 2. The van der Waals surface area contributed by atoms with Crippen LogP contribution in [-0.2, 0) is 27.2 Å². The van der Waals surface area contributed by atoms with Crippen LogP contribution in [0.25, 0.3) is 17.0 Å². The number of fused-ring (bicyclic) bond motifs is 2. The average Bonchev–Trinajstić information content (AvgIpc) is 3.02. The maximum absolute atomic E-state index is 13.2. The lowest BCUT2D eigenvalue weighted by Gasteiger charge is -2.34. The zero-order valence-electron chi connectivity index (χ0n) is 24.6. The number of hydrogen-bond donors (Lipinski definition) is 1. The highest BCUT2D eigenvalue weighted by atomic mass is 16.5. The molecule has 1 fully saturated rings. The normalized spacial score (nSPS) is 15.9. The van der Waals surface area contributed by atoms with E-state index in [9.17, 15) is 9.59 Å². The molecule has 1 aromatic heterocycles. The quantitative estimate of drug-likeness (QED) is 0.206. The third-order valence-corrected chi connectivity index (χ3v) is 7.94. The monoisotopic (exact) mass is 572 g/mol. The fourth-order valence-corrected chi connectivity index (χ4v) is 5.68. The molecule has 0 atom stereocenters. The minimum absolute atomic E-state index is 0.0433. The van der Waals surface area contributed by atoms with E-state index in [0.717, 1.165) is 92.7 Å². The first kappa shape index (κ1) is 29.5. The molecule has 0 saturated carbocycles. The van der Waals surface area contributed by atoms with Crippen LogP contribution in [0.4, 0.5) is 5.69 Å². The largest absolute Gasteiger partial charge is 0.493 e. The number of ether oxygens (including phenoxy) is 3. The second kappa shape index (κ2) is 14.3. The van der Waals surface area contributed by atoms with Gasteiger partial charge in [0, 0.05) is 49.9 Å². The molecule has 1 aliphatic carbocycles. The van der Waals surface area contributed by atoms with Gasteiger partial charge in [0.25, 0.3) is 0 Å². The van der Waals surface area contributed by atoms with Crippen LogP contribution < -0.4 is 14.8 Å². The minimum Gasteiger partial charge on any atom is -0.493 e. The topological polar surface area (TPSA) is 93.2 Å². The summed E-state index contributed by atoms with van der Waals surface area (Å²) in [6.45, 7) is 5.46. The van der Waals surface area contributed by atoms with E-state index in [2.05, 4.69) is 25.9 Å². The van der Waals surface area contributed by atoms with E-state index in [1.165, 1.54) is 18.7 Å². The Balaban J connectivity index is 1.06. The molecule has 1 amide bonds. The lowest BCUT2D eigenvalue weighted by Crippen LogP contribution is -2.48. The molecule has 2 aromatic carbocycles. The molecule has 3 aromatic rings. The van der Waals surface area contributed by atoms with Gasteiger partial charge in [0.2, 0.25) is 5.91 Å². The molecule has 0 unspecified atom stereocenters. The summed E-state index contributed by atoms with van der Waals surface area (Å²) in [5.41, 5.74) is 5.09. The molecule has 9 nitrogen and oxygen atoms in total. The summed E-state index contributed by atoms with van der Waals surface area (Å²) in [5, 5.41) is 4.30. The van der Waals surface area contributed by atoms with Gasteiger partial charge in [-0.3, -0.25) is 14.7 Å². The number of nitrogens with zero attached hydrogens (tertiary/aromatic N) is 3. The number of aromatic nitrogens is 1. The second-order valence-corrected chi connectivity index (χ2v) is 10.8. The van der Waals surface area contributed by atoms with Crippen molar-refractivity contribution in [3.63, 3.8) is 0 Å². The molecular formula is C33H40N4O5. The van der Waals surface area contributed by atoms with Gasteiger partial charge in [-0.15, -0.1) is 0 Å². The lowest BCUT2D eigenvalue weighted by molar-refractivity contribution is -0.134. The highest BCUT2D eigenvalue weighted by molar-refractivity contribution is 6.03. The summed E-state index contributed by atoms with van der Waals surface area (Å²) in [6.07, 6.45) is 8.17. The molecule has 222 valence electrons. The first-order valence-electron chi connectivity index (χ1n) is 14.8. The molecule has 0 radical (unpaired) electrons. The molecular weight excluding hydrogens is 532 g/mol. The summed E-state index contributed by atoms with van der Waals surface area (Å²) in [5.74, 6) is 0.929. The van der Waals surface area contributed by atoms with Crippen LogP contribution in [0.5, 0.6) is 11.5 Å². The van der Waals surface area contributed by atoms with E-state index in [-0.39, 0.29) is 5.91 Å². The van der Waals surface area contributed by atoms with Gasteiger partial charge in [-0.1, -0.05) is 24.3 Å². The summed E-state index contributed by atoms with van der Waals surface area (Å²) in [4.78, 5) is 34.0. The standard InChI is InChI=1S/C33H40N4O5/c1-40-30-22-24(13-15-32(39)41-2)12-14-29(30)42-21-7-16-36-17-19-37(20-18-36)23-31(38)35-33-25-8-3-5-10-27(25)34-28-11-6-4-9-26(28)33/h3,5,8,10,12-15,22H,4,6-7,9,11,16-21,23H2,1-2H3,(H,34,35,38)/b15-13+. The van der Waals surface area contributed by atoms with Crippen molar-refractivity contribution in [1.29, 1.82) is 0 Å². The number of piperazine rings is 1. The predicted octanol–water partition coefficient (Wildman–Crippen LogP) is 4.33. The zero-order valence-corrected chi connectivity index (χ0v) is 24.6. The van der Waals surface area contributed by atoms with Crippen LogP contribution in [0.2, 0.25) is 0 Å². The maximum Gasteiger partial charge on any atom is 0.330 e. The second-order valence-electron chi connectivity index (χ2n) is 10.8. The molecule has 42 heavy (non-hydrogen) atoms. The van der Waals surface area contributed by atoms with Gasteiger partial charge in [-0.25, -0.2) is 4.79 Å². The van der Waals surface area contributed by atoms with Crippen LogP contribution in [0, 0.1) is 0 Å². The van der Waals surface area contributed by atoms with E-state index in [1.807, 2.05) is 36.4 Å². The SMILES string of the molecule is COC(=O)/C=C/c1ccc(OCCCN2CCN(CC(=O)Nc3c4c(nc5ccccc35)CCCC4)CC2)c(OC)c1. The number of nitrogens with one attached hydrogen (secondary N) is 1. The molecule has 2 heterocycles. The Morgan fingerprint density at radius 3 is 2.57 bits per heavy atom. The fraction of sp³-hybridized carbons (Fsp3) is 0.424. The van der Waals surface area contributed by atoms with Gasteiger partial charge in [-0.2, -0.15) is 0 Å². The Hall–Kier alpha value is -3.95. The van der Waals surface area contributed by atoms with Crippen molar-refractivity contribution in [2.24, 2.45) is 0 Å². The molecule has 1 aliphatic heterocycles. The number of esters is 1. The number of carbonyl (C=O) groups is 2. The van der Waals surface area contributed by atoms with Crippen molar-refractivity contribution < 1.29 is 23.8 Å². The number of para-hydroxylation sites is 1. The van der Waals surface area contributed by atoms with E-state index >= 15 is 0 Å². The Morgan fingerprint density at radius 2 is 1.76 bits per heavy atom. The highest BCUT2D eigenvalue weighted by Gasteiger charge is 2.22. The number of amides is 1. The predicted molar refractivity (Wildman–Crippen MR) is 164 cm³/mol. The number of pyridine rings is 1. The fourth-order valence-electron chi connectivity index (χ4n) is 5.68. The first-order valence-corrected chi connectivity index (χ1v) is 14.8. The summed E-state index contributed by atoms with van der Waals surface area (Å²) in [7, 11) is 2.95. The van der Waals surface area contributed by atoms with E-state index in [4.69, 9.17) is 14.5 Å². The van der Waals surface area contributed by atoms with Crippen LogP contribution >= 0.6 is 0 Å².